The minimum atomic E-state index is -1.33. The maximum Gasteiger partial charge on any atom is 0.339 e. The molecular formula is C22H20FN3O7. The van der Waals surface area contributed by atoms with Crippen molar-refractivity contribution in [3.8, 4) is 11.5 Å². The lowest BCUT2D eigenvalue weighted by molar-refractivity contribution is 0.0488. The van der Waals surface area contributed by atoms with Gasteiger partial charge >= 0.3 is 5.97 Å². The highest BCUT2D eigenvalue weighted by molar-refractivity contribution is 6.07. The van der Waals surface area contributed by atoms with Gasteiger partial charge in [0.15, 0.2) is 18.2 Å². The van der Waals surface area contributed by atoms with Crippen molar-refractivity contribution < 1.29 is 32.9 Å². The van der Waals surface area contributed by atoms with Crippen molar-refractivity contribution in [2.24, 2.45) is 15.7 Å². The highest BCUT2D eigenvalue weighted by atomic mass is 19.1. The Hall–Kier alpha value is -4.25. The number of carboxylic acid groups (broad SMARTS) is 1. The number of amidine groups is 1. The van der Waals surface area contributed by atoms with Crippen LogP contribution in [-0.4, -0.2) is 44.2 Å². The van der Waals surface area contributed by atoms with Crippen LogP contribution in [0.4, 0.5) is 4.39 Å². The molecule has 0 saturated heterocycles. The minimum Gasteiger partial charge on any atom is -0.488 e. The molecule has 1 heterocycles. The quantitative estimate of drug-likeness (QED) is 0.298. The molecule has 1 aromatic heterocycles. The van der Waals surface area contributed by atoms with Gasteiger partial charge in [-0.15, -0.1) is 0 Å². The lowest BCUT2D eigenvalue weighted by Crippen LogP contribution is -2.17. The molecule has 0 aliphatic rings. The number of carboxylic acids is 1. The van der Waals surface area contributed by atoms with Crippen LogP contribution in [0.25, 0.3) is 11.0 Å². The number of hydrogen-bond acceptors (Lipinski definition) is 7. The summed E-state index contributed by atoms with van der Waals surface area (Å²) in [5, 5.41) is 9.46. The fourth-order valence-corrected chi connectivity index (χ4v) is 2.97. The van der Waals surface area contributed by atoms with Crippen molar-refractivity contribution >= 4 is 29.1 Å². The fourth-order valence-electron chi connectivity index (χ4n) is 2.97. The Morgan fingerprint density at radius 3 is 2.55 bits per heavy atom. The number of halogens is 1. The van der Waals surface area contributed by atoms with Crippen LogP contribution in [0.1, 0.15) is 21.7 Å². The Morgan fingerprint density at radius 2 is 1.94 bits per heavy atom. The van der Waals surface area contributed by atoms with E-state index in [0.29, 0.717) is 5.56 Å². The summed E-state index contributed by atoms with van der Waals surface area (Å²) in [7, 11) is 2.74. The van der Waals surface area contributed by atoms with Crippen molar-refractivity contribution in [2.45, 2.75) is 6.61 Å². The molecule has 0 bridgehead atoms. The van der Waals surface area contributed by atoms with Crippen molar-refractivity contribution in [1.82, 2.24) is 0 Å². The summed E-state index contributed by atoms with van der Waals surface area (Å²) in [6.07, 6.45) is 0.937. The number of benzene rings is 2. The number of nitrogens with zero attached hydrogens (tertiary/aromatic N) is 2. The first-order valence-electron chi connectivity index (χ1n) is 9.48. The van der Waals surface area contributed by atoms with Crippen LogP contribution in [-0.2, 0) is 11.3 Å². The van der Waals surface area contributed by atoms with Gasteiger partial charge in [-0.25, -0.2) is 14.2 Å². The number of aromatic carboxylic acids is 1. The zero-order valence-corrected chi connectivity index (χ0v) is 17.7. The molecule has 0 saturated carbocycles. The van der Waals surface area contributed by atoms with E-state index in [2.05, 4.69) is 9.98 Å². The maximum absolute atomic E-state index is 13.4. The monoisotopic (exact) mass is 457 g/mol. The van der Waals surface area contributed by atoms with Gasteiger partial charge in [0, 0.05) is 14.2 Å². The second-order valence-corrected chi connectivity index (χ2v) is 6.50. The summed E-state index contributed by atoms with van der Waals surface area (Å²) >= 11 is 0. The molecule has 172 valence electrons. The van der Waals surface area contributed by atoms with Gasteiger partial charge in [0.2, 0.25) is 16.9 Å². The first-order chi connectivity index (χ1) is 15.9. The lowest BCUT2D eigenvalue weighted by atomic mass is 10.1. The SMILES string of the molecule is CN=C(N=CN)c1oc2c(C(=O)O)ccc(OCc3ccc(F)cc3)c2c(=O)c1OCOC. The second-order valence-electron chi connectivity index (χ2n) is 6.50. The predicted octanol–water partition coefficient (Wildman–Crippen LogP) is 2.56. The van der Waals surface area contributed by atoms with Gasteiger partial charge in [0.1, 0.15) is 29.1 Å². The molecule has 0 aliphatic heterocycles. The van der Waals surface area contributed by atoms with E-state index >= 15 is 0 Å². The van der Waals surface area contributed by atoms with Gasteiger partial charge in [-0.1, -0.05) is 12.1 Å². The van der Waals surface area contributed by atoms with E-state index < -0.39 is 17.2 Å². The van der Waals surface area contributed by atoms with Crippen LogP contribution in [0.2, 0.25) is 0 Å². The van der Waals surface area contributed by atoms with Gasteiger partial charge in [0.05, 0.1) is 6.34 Å². The molecule has 2 aromatic carbocycles. The molecule has 11 heteroatoms. The van der Waals surface area contributed by atoms with Crippen LogP contribution in [0.15, 0.2) is 55.6 Å². The van der Waals surface area contributed by atoms with Crippen molar-refractivity contribution in [3.63, 3.8) is 0 Å². The summed E-state index contributed by atoms with van der Waals surface area (Å²) < 4.78 is 35.0. The van der Waals surface area contributed by atoms with Gasteiger partial charge < -0.3 is 29.5 Å². The van der Waals surface area contributed by atoms with E-state index in [1.54, 1.807) is 0 Å². The second kappa shape index (κ2) is 10.4. The number of methoxy groups -OCH3 is 1. The van der Waals surface area contributed by atoms with Gasteiger partial charge in [-0.2, -0.15) is 0 Å². The number of nitrogens with two attached hydrogens (primary N) is 1. The van der Waals surface area contributed by atoms with E-state index in [4.69, 9.17) is 24.4 Å². The highest BCUT2D eigenvalue weighted by Gasteiger charge is 2.26. The molecule has 0 amide bonds. The number of rotatable bonds is 8. The molecule has 3 N–H and O–H groups in total. The first kappa shape index (κ1) is 23.4. The molecule has 3 rings (SSSR count). The van der Waals surface area contributed by atoms with E-state index in [1.807, 2.05) is 0 Å². The Morgan fingerprint density at radius 1 is 1.21 bits per heavy atom. The average Bonchev–Trinajstić information content (AvgIpc) is 2.81. The van der Waals surface area contributed by atoms with Crippen LogP contribution in [0.5, 0.6) is 11.5 Å². The largest absolute Gasteiger partial charge is 0.488 e. The van der Waals surface area contributed by atoms with Crippen molar-refractivity contribution in [2.75, 3.05) is 21.0 Å². The number of ether oxygens (including phenoxy) is 3. The highest BCUT2D eigenvalue weighted by Crippen LogP contribution is 2.32. The number of carbonyl (C=O) groups is 1. The molecule has 0 radical (unpaired) electrons. The minimum absolute atomic E-state index is 0.0175. The third-order valence-electron chi connectivity index (χ3n) is 4.43. The zero-order valence-electron chi connectivity index (χ0n) is 17.7. The normalized spacial score (nSPS) is 11.8. The van der Waals surface area contributed by atoms with E-state index in [1.165, 1.54) is 50.6 Å². The molecular weight excluding hydrogens is 437 g/mol. The molecule has 0 aliphatic carbocycles. The summed E-state index contributed by atoms with van der Waals surface area (Å²) in [6, 6.07) is 8.15. The van der Waals surface area contributed by atoms with Crippen LogP contribution in [0.3, 0.4) is 0 Å². The Balaban J connectivity index is 2.25. The van der Waals surface area contributed by atoms with Crippen LogP contribution in [0, 0.1) is 5.82 Å². The van der Waals surface area contributed by atoms with Crippen LogP contribution >= 0.6 is 0 Å². The van der Waals surface area contributed by atoms with Crippen molar-refractivity contribution in [1.29, 1.82) is 0 Å². The number of aliphatic imine (C=N–C) groups is 2. The van der Waals surface area contributed by atoms with Gasteiger partial charge in [0.25, 0.3) is 0 Å². The standard InChI is InChI=1S/C22H20FN3O7/c1-25-21(26-10-24)20-19(32-11-30-2)17(27)16-15(8-7-14(22(28)29)18(16)33-20)31-9-12-3-5-13(23)6-4-12/h3-8,10H,9,11H2,1-2H3,(H,28,29)(H2,24,25,26). The molecule has 0 spiro atoms. The fraction of sp³-hybridized carbons (Fsp3) is 0.182. The molecule has 33 heavy (non-hydrogen) atoms. The lowest BCUT2D eigenvalue weighted by Gasteiger charge is -2.14. The van der Waals surface area contributed by atoms with E-state index in [-0.39, 0.29) is 53.0 Å². The summed E-state index contributed by atoms with van der Waals surface area (Å²) in [5.74, 6) is -2.34. The molecule has 3 aromatic rings. The van der Waals surface area contributed by atoms with Gasteiger partial charge in [-0.3, -0.25) is 9.79 Å². The Bertz CT molecular complexity index is 1280. The summed E-state index contributed by atoms with van der Waals surface area (Å²) in [4.78, 5) is 33.0. The predicted molar refractivity (Wildman–Crippen MR) is 118 cm³/mol. The maximum atomic E-state index is 13.4. The third kappa shape index (κ3) is 4.99. The van der Waals surface area contributed by atoms with Crippen LogP contribution < -0.4 is 20.6 Å². The summed E-state index contributed by atoms with van der Waals surface area (Å²) in [6.45, 7) is -0.326. The average molecular weight is 457 g/mol. The topological polar surface area (TPSA) is 146 Å². The Labute approximate surface area is 186 Å². The van der Waals surface area contributed by atoms with E-state index in [9.17, 15) is 19.1 Å². The molecule has 10 nitrogen and oxygen atoms in total. The summed E-state index contributed by atoms with van der Waals surface area (Å²) in [5.41, 5.74) is 4.70. The number of fused-ring (bicyclic) bond motifs is 1. The molecule has 0 atom stereocenters. The molecule has 0 fully saturated rings. The third-order valence-corrected chi connectivity index (χ3v) is 4.43. The van der Waals surface area contributed by atoms with Crippen molar-refractivity contribution in [3.05, 3.63) is 69.3 Å². The first-order valence-corrected chi connectivity index (χ1v) is 9.48. The number of hydrogen-bond donors (Lipinski definition) is 2. The smallest absolute Gasteiger partial charge is 0.339 e. The molecule has 0 unspecified atom stereocenters. The Kier molecular flexibility index (Phi) is 7.36. The van der Waals surface area contributed by atoms with E-state index in [0.717, 1.165) is 6.34 Å². The zero-order chi connectivity index (χ0) is 24.0. The van der Waals surface area contributed by atoms with Gasteiger partial charge in [-0.05, 0) is 29.8 Å².